The first-order chi connectivity index (χ1) is 19.9. The fourth-order valence-electron chi connectivity index (χ4n) is 4.98. The molecule has 0 saturated carbocycles. The minimum atomic E-state index is -0.993. The minimum absolute atomic E-state index is 0. The summed E-state index contributed by atoms with van der Waals surface area (Å²) in [6.07, 6.45) is 3.02. The summed E-state index contributed by atoms with van der Waals surface area (Å²) in [4.78, 5) is 23.0. The van der Waals surface area contributed by atoms with Crippen molar-refractivity contribution in [2.45, 2.75) is 32.2 Å². The lowest BCUT2D eigenvalue weighted by Gasteiger charge is -2.28. The fraction of sp³-hybridized carbons (Fsp3) is 0.267. The molecule has 0 amide bonds. The van der Waals surface area contributed by atoms with Gasteiger partial charge in [0.15, 0.2) is 11.6 Å². The summed E-state index contributed by atoms with van der Waals surface area (Å²) in [5.74, 6) is -1.55. The molecule has 6 rings (SSSR count). The molecule has 1 atom stereocenters. The molecule has 1 fully saturated rings. The van der Waals surface area contributed by atoms with E-state index in [9.17, 15) is 18.7 Å². The van der Waals surface area contributed by atoms with E-state index in [0.29, 0.717) is 38.5 Å². The van der Waals surface area contributed by atoms with Crippen molar-refractivity contribution in [3.63, 3.8) is 0 Å². The van der Waals surface area contributed by atoms with E-state index >= 15 is 0 Å². The number of hydrogen-bond acceptors (Lipinski definition) is 7. The van der Waals surface area contributed by atoms with Crippen LogP contribution < -0.4 is 4.74 Å². The Kier molecular flexibility index (Phi) is 8.54. The van der Waals surface area contributed by atoms with Gasteiger partial charge < -0.3 is 19.1 Å². The third-order valence-corrected chi connectivity index (χ3v) is 7.28. The fourth-order valence-corrected chi connectivity index (χ4v) is 4.98. The van der Waals surface area contributed by atoms with Gasteiger partial charge in [0.25, 0.3) is 0 Å². The second-order valence-corrected chi connectivity index (χ2v) is 10.00. The zero-order valence-corrected chi connectivity index (χ0v) is 23.4. The molecule has 0 radical (unpaired) electrons. The van der Waals surface area contributed by atoms with Gasteiger partial charge in [0.1, 0.15) is 23.9 Å². The summed E-state index contributed by atoms with van der Waals surface area (Å²) >= 11 is 0. The first-order valence-electron chi connectivity index (χ1n) is 13.1. The number of nitrogens with zero attached hydrogens (tertiary/aromatic N) is 5. The molecular weight excluding hydrogens is 564 g/mol. The van der Waals surface area contributed by atoms with Gasteiger partial charge in [-0.05, 0) is 60.5 Å². The van der Waals surface area contributed by atoms with Gasteiger partial charge in [-0.2, -0.15) is 18.8 Å². The maximum Gasteiger partial charge on any atom is 0.335 e. The zero-order valence-electron chi connectivity index (χ0n) is 22.4. The number of carboxylic acid groups (broad SMARTS) is 1. The van der Waals surface area contributed by atoms with Crippen LogP contribution in [-0.4, -0.2) is 56.3 Å². The Morgan fingerprint density at radius 3 is 2.69 bits per heavy atom. The van der Waals surface area contributed by atoms with Gasteiger partial charge in [-0.25, -0.2) is 23.5 Å². The number of pyridine rings is 1. The molecule has 42 heavy (non-hydrogen) atoms. The average Bonchev–Trinajstić information content (AvgIpc) is 3.54. The predicted octanol–water partition coefficient (Wildman–Crippen LogP) is 4.66. The molecule has 0 spiro atoms. The van der Waals surface area contributed by atoms with E-state index in [-0.39, 0.29) is 48.8 Å². The number of imidazole rings is 1. The van der Waals surface area contributed by atoms with E-state index in [2.05, 4.69) is 9.88 Å². The number of nitriles is 1. The van der Waals surface area contributed by atoms with Crippen LogP contribution in [0.25, 0.3) is 16.6 Å². The molecule has 4 heterocycles. The monoisotopic (exact) mass is 591 g/mol. The van der Waals surface area contributed by atoms with Crippen LogP contribution in [0.4, 0.5) is 8.78 Å². The van der Waals surface area contributed by atoms with Crippen molar-refractivity contribution in [3.05, 3.63) is 94.6 Å². The molecule has 2 aliphatic rings. The molecule has 1 saturated heterocycles. The highest BCUT2D eigenvalue weighted by Gasteiger charge is 2.25. The van der Waals surface area contributed by atoms with Crippen LogP contribution in [0.2, 0.25) is 0 Å². The third-order valence-electron chi connectivity index (χ3n) is 7.28. The maximum absolute atomic E-state index is 14.5. The first kappa shape index (κ1) is 29.2. The Morgan fingerprint density at radius 1 is 1.14 bits per heavy atom. The van der Waals surface area contributed by atoms with E-state index < -0.39 is 17.6 Å². The van der Waals surface area contributed by atoms with Crippen molar-refractivity contribution in [2.75, 3.05) is 19.7 Å². The number of benzene rings is 2. The average molecular weight is 592 g/mol. The number of carbonyl (C=O) groups is 1. The van der Waals surface area contributed by atoms with Gasteiger partial charge in [0.05, 0.1) is 53.1 Å². The van der Waals surface area contributed by atoms with Crippen LogP contribution in [0.1, 0.15) is 39.6 Å². The van der Waals surface area contributed by atoms with Crippen LogP contribution in [-0.2, 0) is 24.4 Å². The second kappa shape index (κ2) is 12.3. The van der Waals surface area contributed by atoms with Crippen molar-refractivity contribution in [2.24, 2.45) is 0 Å². The van der Waals surface area contributed by atoms with Crippen LogP contribution in [0, 0.1) is 23.0 Å². The highest BCUT2D eigenvalue weighted by molar-refractivity contribution is 7.59. The van der Waals surface area contributed by atoms with E-state index in [0.717, 1.165) is 34.9 Å². The van der Waals surface area contributed by atoms with E-state index in [1.165, 1.54) is 18.2 Å². The van der Waals surface area contributed by atoms with Gasteiger partial charge in [0.2, 0.25) is 0 Å². The summed E-state index contributed by atoms with van der Waals surface area (Å²) in [6, 6.07) is 13.5. The van der Waals surface area contributed by atoms with Crippen LogP contribution in [0.5, 0.6) is 5.75 Å². The molecule has 2 aromatic heterocycles. The summed E-state index contributed by atoms with van der Waals surface area (Å²) < 4.78 is 41.9. The van der Waals surface area contributed by atoms with E-state index in [4.69, 9.17) is 19.7 Å². The lowest BCUT2D eigenvalue weighted by Crippen LogP contribution is -2.32. The lowest BCUT2D eigenvalue weighted by atomic mass is 10.1. The van der Waals surface area contributed by atoms with Gasteiger partial charge in [0, 0.05) is 19.7 Å². The molecule has 2 aliphatic heterocycles. The molecule has 0 bridgehead atoms. The number of halogens is 2. The highest BCUT2D eigenvalue weighted by atomic mass is 32.1. The Bertz CT molecular complexity index is 1730. The number of aromatic nitrogens is 3. The normalized spacial score (nSPS) is 16.4. The molecule has 4 aromatic rings. The molecule has 9 nitrogen and oxygen atoms in total. The number of aromatic carboxylic acids is 1. The summed E-state index contributed by atoms with van der Waals surface area (Å²) in [6.45, 7) is 2.72. The zero-order chi connectivity index (χ0) is 28.5. The van der Waals surface area contributed by atoms with E-state index in [1.54, 1.807) is 24.3 Å². The van der Waals surface area contributed by atoms with Crippen molar-refractivity contribution >= 4 is 36.1 Å². The maximum atomic E-state index is 14.5. The number of fused-ring (bicyclic) bond motifs is 1. The topological polar surface area (TPSA) is 114 Å². The van der Waals surface area contributed by atoms with Gasteiger partial charge in [-0.1, -0.05) is 6.08 Å². The quantitative estimate of drug-likeness (QED) is 0.299. The largest absolute Gasteiger partial charge is 0.484 e. The SMILES string of the molecule is N#Cc1ccc(OCc2nc(C3=CCN(Cc4nc5ccc(C(=O)O)cc5n4C[C@@H]4CCO4)C3)ccc2F)c(F)c1.S. The Balaban J connectivity index is 0.00000353. The number of hydrogen-bond donors (Lipinski definition) is 1. The first-order valence-corrected chi connectivity index (χ1v) is 13.1. The third kappa shape index (κ3) is 5.99. The lowest BCUT2D eigenvalue weighted by molar-refractivity contribution is -0.0591. The summed E-state index contributed by atoms with van der Waals surface area (Å²) in [5.41, 5.74) is 3.39. The van der Waals surface area contributed by atoms with Crippen molar-refractivity contribution in [3.8, 4) is 11.8 Å². The van der Waals surface area contributed by atoms with Crippen molar-refractivity contribution < 1.29 is 28.2 Å². The summed E-state index contributed by atoms with van der Waals surface area (Å²) in [5, 5.41) is 18.4. The van der Waals surface area contributed by atoms with Crippen LogP contribution in [0.3, 0.4) is 0 Å². The minimum Gasteiger partial charge on any atom is -0.484 e. The molecule has 1 N–H and O–H groups in total. The van der Waals surface area contributed by atoms with Crippen molar-refractivity contribution in [1.82, 2.24) is 19.4 Å². The summed E-state index contributed by atoms with van der Waals surface area (Å²) in [7, 11) is 0. The molecule has 0 unspecified atom stereocenters. The number of ether oxygens (including phenoxy) is 2. The number of rotatable bonds is 9. The van der Waals surface area contributed by atoms with Crippen LogP contribution >= 0.6 is 13.5 Å². The second-order valence-electron chi connectivity index (χ2n) is 10.00. The standard InChI is InChI=1S/C30H25F2N5O4.H2S/c31-22-3-5-24(34-26(22)17-41-28-6-1-18(13-33)11-23(28)32)20-7-9-36(14-20)16-29-35-25-4-2-19(30(38)39)12-27(25)37(29)15-21-8-10-40-21;/h1-7,11-12,21H,8-10,14-17H2,(H,38,39);1H2/t21-;/m0./s1. The highest BCUT2D eigenvalue weighted by Crippen LogP contribution is 2.27. The van der Waals surface area contributed by atoms with E-state index in [1.807, 2.05) is 16.7 Å². The van der Waals surface area contributed by atoms with Crippen LogP contribution in [0.15, 0.2) is 54.6 Å². The molecule has 2 aromatic carbocycles. The smallest absolute Gasteiger partial charge is 0.335 e. The van der Waals surface area contributed by atoms with Gasteiger partial charge in [-0.15, -0.1) is 0 Å². The van der Waals surface area contributed by atoms with Gasteiger partial charge >= 0.3 is 5.97 Å². The van der Waals surface area contributed by atoms with Gasteiger partial charge in [-0.3, -0.25) is 4.90 Å². The van der Waals surface area contributed by atoms with Crippen molar-refractivity contribution in [1.29, 1.82) is 5.26 Å². The molecule has 216 valence electrons. The predicted molar refractivity (Wildman–Crippen MR) is 154 cm³/mol. The Hall–Kier alpha value is -4.31. The molecule has 12 heteroatoms. The number of carboxylic acids is 1. The Morgan fingerprint density at radius 2 is 1.98 bits per heavy atom. The Labute approximate surface area is 247 Å². The molecule has 0 aliphatic carbocycles. The molecular formula is C30H27F2N5O4S.